The smallest absolute Gasteiger partial charge is 0.0834 e. The summed E-state index contributed by atoms with van der Waals surface area (Å²) in [6.45, 7) is 5.43. The van der Waals surface area contributed by atoms with Gasteiger partial charge in [-0.15, -0.1) is 0 Å². The molecule has 0 bridgehead atoms. The largest absolute Gasteiger partial charge is 0.377 e. The maximum atomic E-state index is 5.87. The molecule has 0 amide bonds. The number of aryl methyl sites for hydroxylation is 1. The van der Waals surface area contributed by atoms with Gasteiger partial charge in [-0.2, -0.15) is 0 Å². The topological polar surface area (TPSA) is 21.3 Å². The van der Waals surface area contributed by atoms with Crippen molar-refractivity contribution in [1.29, 1.82) is 0 Å². The summed E-state index contributed by atoms with van der Waals surface area (Å²) in [4.78, 5) is 0. The van der Waals surface area contributed by atoms with E-state index >= 15 is 0 Å². The van der Waals surface area contributed by atoms with Gasteiger partial charge in [-0.05, 0) is 51.1 Å². The molecule has 0 aromatic heterocycles. The molecule has 106 valence electrons. The Bertz CT molecular complexity index is 375. The van der Waals surface area contributed by atoms with Crippen LogP contribution in [0.5, 0.6) is 0 Å². The fourth-order valence-corrected chi connectivity index (χ4v) is 2.94. The molecule has 0 heterocycles. The maximum Gasteiger partial charge on any atom is 0.0834 e. The van der Waals surface area contributed by atoms with Crippen LogP contribution in [0.3, 0.4) is 0 Å². The van der Waals surface area contributed by atoms with E-state index in [9.17, 15) is 0 Å². The molecule has 1 aliphatic carbocycles. The zero-order chi connectivity index (χ0) is 13.7. The van der Waals surface area contributed by atoms with E-state index in [4.69, 9.17) is 4.74 Å². The van der Waals surface area contributed by atoms with E-state index in [0.717, 1.165) is 13.0 Å². The molecular weight excluding hydrogens is 234 g/mol. The average molecular weight is 261 g/mol. The van der Waals surface area contributed by atoms with Crippen LogP contribution in [-0.2, 0) is 11.2 Å². The van der Waals surface area contributed by atoms with Gasteiger partial charge < -0.3 is 10.1 Å². The van der Waals surface area contributed by atoms with Crippen molar-refractivity contribution in [3.63, 3.8) is 0 Å². The Balaban J connectivity index is 2.06. The van der Waals surface area contributed by atoms with E-state index in [1.165, 1.54) is 36.8 Å². The Labute approximate surface area is 117 Å². The van der Waals surface area contributed by atoms with Crippen molar-refractivity contribution in [2.45, 2.75) is 57.6 Å². The van der Waals surface area contributed by atoms with Gasteiger partial charge in [-0.25, -0.2) is 0 Å². The third-order valence-corrected chi connectivity index (χ3v) is 4.44. The van der Waals surface area contributed by atoms with Crippen LogP contribution in [0.1, 0.15) is 43.7 Å². The van der Waals surface area contributed by atoms with Crippen molar-refractivity contribution in [2.24, 2.45) is 0 Å². The second kappa shape index (κ2) is 6.53. The van der Waals surface area contributed by atoms with Crippen molar-refractivity contribution >= 4 is 0 Å². The minimum atomic E-state index is 0.0695. The lowest BCUT2D eigenvalue weighted by Crippen LogP contribution is -2.57. The fourth-order valence-electron chi connectivity index (χ4n) is 2.94. The third kappa shape index (κ3) is 3.37. The first-order valence-corrected chi connectivity index (χ1v) is 7.54. The summed E-state index contributed by atoms with van der Waals surface area (Å²) >= 11 is 0. The van der Waals surface area contributed by atoms with Crippen LogP contribution >= 0.6 is 0 Å². The molecule has 0 spiro atoms. The van der Waals surface area contributed by atoms with Crippen LogP contribution < -0.4 is 5.32 Å². The molecule has 0 saturated heterocycles. The second-order valence-corrected chi connectivity index (χ2v) is 5.82. The molecule has 1 fully saturated rings. The molecule has 1 aliphatic rings. The Kier molecular flexibility index (Phi) is 5.00. The molecule has 0 aliphatic heterocycles. The predicted molar refractivity (Wildman–Crippen MR) is 80.6 cm³/mol. The first-order chi connectivity index (χ1) is 9.20. The summed E-state index contributed by atoms with van der Waals surface area (Å²) < 4.78 is 5.87. The number of hydrogen-bond donors (Lipinski definition) is 1. The summed E-state index contributed by atoms with van der Waals surface area (Å²) in [5.74, 6) is 0. The van der Waals surface area contributed by atoms with Crippen molar-refractivity contribution in [3.8, 4) is 0 Å². The van der Waals surface area contributed by atoms with Gasteiger partial charge in [0.25, 0.3) is 0 Å². The van der Waals surface area contributed by atoms with Gasteiger partial charge in [-0.1, -0.05) is 36.8 Å². The summed E-state index contributed by atoms with van der Waals surface area (Å²) in [7, 11) is 1.87. The van der Waals surface area contributed by atoms with E-state index in [1.807, 2.05) is 7.11 Å². The molecule has 2 heteroatoms. The minimum absolute atomic E-state index is 0.0695. The number of methoxy groups -OCH3 is 1. The first kappa shape index (κ1) is 14.5. The molecule has 1 aromatic carbocycles. The molecular formula is C17H27NO. The van der Waals surface area contributed by atoms with Crippen LogP contribution in [0.25, 0.3) is 0 Å². The number of benzene rings is 1. The molecule has 1 N–H and O–H groups in total. The second-order valence-electron chi connectivity index (χ2n) is 5.82. The molecule has 19 heavy (non-hydrogen) atoms. The lowest BCUT2D eigenvalue weighted by Gasteiger charge is -2.47. The lowest BCUT2D eigenvalue weighted by atomic mass is 9.72. The molecule has 1 saturated carbocycles. The normalized spacial score (nSPS) is 18.9. The van der Waals surface area contributed by atoms with Crippen LogP contribution in [0.2, 0.25) is 0 Å². The van der Waals surface area contributed by atoms with Crippen LogP contribution in [0.15, 0.2) is 24.3 Å². The highest BCUT2D eigenvalue weighted by Crippen LogP contribution is 2.39. The fraction of sp³-hybridized carbons (Fsp3) is 0.647. The molecule has 1 aromatic rings. The van der Waals surface area contributed by atoms with Crippen LogP contribution in [0.4, 0.5) is 0 Å². The van der Waals surface area contributed by atoms with Gasteiger partial charge in [0, 0.05) is 13.2 Å². The number of rotatable bonds is 7. The van der Waals surface area contributed by atoms with Crippen molar-refractivity contribution < 1.29 is 4.74 Å². The minimum Gasteiger partial charge on any atom is -0.377 e. The number of ether oxygens (including phenoxy) is 1. The zero-order valence-corrected chi connectivity index (χ0v) is 12.5. The van der Waals surface area contributed by atoms with Crippen molar-refractivity contribution in [2.75, 3.05) is 13.7 Å². The van der Waals surface area contributed by atoms with Crippen molar-refractivity contribution in [3.05, 3.63) is 35.4 Å². The molecule has 2 nitrogen and oxygen atoms in total. The Morgan fingerprint density at radius 1 is 1.26 bits per heavy atom. The predicted octanol–water partition coefficient (Wildman–Crippen LogP) is 3.47. The quantitative estimate of drug-likeness (QED) is 0.811. The number of nitrogens with one attached hydrogen (secondary N) is 1. The van der Waals surface area contributed by atoms with Crippen molar-refractivity contribution in [1.82, 2.24) is 5.32 Å². The highest BCUT2D eigenvalue weighted by Gasteiger charge is 2.43. The standard InChI is InChI=1S/C17H27NO/c1-4-12-18-16(17(19-3)10-5-11-17)13-15-8-6-14(2)7-9-15/h6-9,16,18H,4-5,10-13H2,1-3H3. The average Bonchev–Trinajstić information content (AvgIpc) is 2.37. The first-order valence-electron chi connectivity index (χ1n) is 7.54. The Morgan fingerprint density at radius 3 is 2.42 bits per heavy atom. The lowest BCUT2D eigenvalue weighted by molar-refractivity contribution is -0.0980. The Morgan fingerprint density at radius 2 is 1.95 bits per heavy atom. The van der Waals surface area contributed by atoms with E-state index in [1.54, 1.807) is 0 Å². The molecule has 0 radical (unpaired) electrons. The van der Waals surface area contributed by atoms with Gasteiger partial charge in [-0.3, -0.25) is 0 Å². The molecule has 1 unspecified atom stereocenters. The number of hydrogen-bond acceptors (Lipinski definition) is 2. The SMILES string of the molecule is CCCNC(Cc1ccc(C)cc1)C1(OC)CCC1. The summed E-state index contributed by atoms with van der Waals surface area (Å²) in [6.07, 6.45) is 5.91. The van der Waals surface area contributed by atoms with E-state index in [0.29, 0.717) is 6.04 Å². The highest BCUT2D eigenvalue weighted by molar-refractivity contribution is 5.23. The van der Waals surface area contributed by atoms with Gasteiger partial charge in [0.2, 0.25) is 0 Å². The summed E-state index contributed by atoms with van der Waals surface area (Å²) in [6, 6.07) is 9.34. The third-order valence-electron chi connectivity index (χ3n) is 4.44. The van der Waals surface area contributed by atoms with E-state index < -0.39 is 0 Å². The highest BCUT2D eigenvalue weighted by atomic mass is 16.5. The molecule has 2 rings (SSSR count). The van der Waals surface area contributed by atoms with Gasteiger partial charge in [0.15, 0.2) is 0 Å². The van der Waals surface area contributed by atoms with Gasteiger partial charge in [0.1, 0.15) is 0 Å². The van der Waals surface area contributed by atoms with Gasteiger partial charge >= 0.3 is 0 Å². The maximum absolute atomic E-state index is 5.87. The van der Waals surface area contributed by atoms with Crippen LogP contribution in [-0.4, -0.2) is 25.3 Å². The van der Waals surface area contributed by atoms with Crippen LogP contribution in [0, 0.1) is 6.92 Å². The Hall–Kier alpha value is -0.860. The van der Waals surface area contributed by atoms with E-state index in [2.05, 4.69) is 43.4 Å². The zero-order valence-electron chi connectivity index (χ0n) is 12.5. The molecule has 1 atom stereocenters. The summed E-state index contributed by atoms with van der Waals surface area (Å²) in [5.41, 5.74) is 2.80. The van der Waals surface area contributed by atoms with Gasteiger partial charge in [0.05, 0.1) is 5.60 Å². The monoisotopic (exact) mass is 261 g/mol. The summed E-state index contributed by atoms with van der Waals surface area (Å²) in [5, 5.41) is 3.70. The van der Waals surface area contributed by atoms with E-state index in [-0.39, 0.29) is 5.60 Å².